The number of nitrogens with one attached hydrogen (secondary N) is 1. The molecule has 20 heavy (non-hydrogen) atoms. The smallest absolute Gasteiger partial charge is 0.319 e. The second-order valence-corrected chi connectivity index (χ2v) is 4.92. The van der Waals surface area contributed by atoms with Crippen molar-refractivity contribution in [3.05, 3.63) is 11.8 Å². The van der Waals surface area contributed by atoms with Gasteiger partial charge in [0.05, 0.1) is 6.54 Å². The molecule has 0 aliphatic heterocycles. The van der Waals surface area contributed by atoms with Gasteiger partial charge in [-0.25, -0.2) is 0 Å². The quantitative estimate of drug-likeness (QED) is 0.748. The maximum atomic E-state index is 12.0. The van der Waals surface area contributed by atoms with E-state index in [0.717, 1.165) is 4.90 Å². The van der Waals surface area contributed by atoms with Gasteiger partial charge in [0.25, 0.3) is 0 Å². The first-order valence-electron chi connectivity index (χ1n) is 6.07. The lowest BCUT2D eigenvalue weighted by molar-refractivity contribution is -0.153. The van der Waals surface area contributed by atoms with E-state index in [-0.39, 0.29) is 12.4 Å². The van der Waals surface area contributed by atoms with Crippen molar-refractivity contribution in [1.82, 2.24) is 10.1 Å². The second-order valence-electron chi connectivity index (χ2n) is 4.92. The van der Waals surface area contributed by atoms with Gasteiger partial charge in [-0.05, 0) is 19.8 Å². The molecule has 0 unspecified atom stereocenters. The fourth-order valence-electron chi connectivity index (χ4n) is 1.90. The third kappa shape index (κ3) is 2.63. The average Bonchev–Trinajstić information content (AvgIpc) is 3.08. The average molecular weight is 281 g/mol. The van der Waals surface area contributed by atoms with Crippen LogP contribution in [0.25, 0.3) is 0 Å². The molecule has 8 heteroatoms. The summed E-state index contributed by atoms with van der Waals surface area (Å²) in [5.41, 5.74) is -1.33. The Bertz CT molecular complexity index is 561. The van der Waals surface area contributed by atoms with E-state index in [1.54, 1.807) is 13.0 Å². The molecule has 0 aromatic carbocycles. The van der Waals surface area contributed by atoms with Gasteiger partial charge < -0.3 is 19.8 Å². The molecule has 108 valence electrons. The fourth-order valence-corrected chi connectivity index (χ4v) is 1.90. The molecule has 0 spiro atoms. The zero-order valence-corrected chi connectivity index (χ0v) is 11.2. The van der Waals surface area contributed by atoms with E-state index in [9.17, 15) is 14.4 Å². The Labute approximate surface area is 114 Å². The van der Waals surface area contributed by atoms with Crippen LogP contribution in [0.3, 0.4) is 0 Å². The summed E-state index contributed by atoms with van der Waals surface area (Å²) in [6, 6.07) is 1.54. The minimum Gasteiger partial charge on any atom is -0.480 e. The Morgan fingerprint density at radius 2 is 2.15 bits per heavy atom. The number of aliphatic carboxylic acids is 1. The number of anilines is 1. The van der Waals surface area contributed by atoms with Crippen LogP contribution in [0.15, 0.2) is 10.6 Å². The molecule has 2 rings (SSSR count). The van der Waals surface area contributed by atoms with Crippen molar-refractivity contribution in [1.29, 1.82) is 0 Å². The second kappa shape index (κ2) is 4.95. The Hall–Kier alpha value is -2.38. The minimum absolute atomic E-state index is 0.236. The van der Waals surface area contributed by atoms with E-state index in [0.29, 0.717) is 18.6 Å². The lowest BCUT2D eigenvalue weighted by Gasteiger charge is -2.20. The van der Waals surface area contributed by atoms with Crippen LogP contribution >= 0.6 is 0 Å². The Morgan fingerprint density at radius 3 is 2.60 bits per heavy atom. The van der Waals surface area contributed by atoms with E-state index >= 15 is 0 Å². The summed E-state index contributed by atoms with van der Waals surface area (Å²) in [4.78, 5) is 35.9. The van der Waals surface area contributed by atoms with Gasteiger partial charge in [0.15, 0.2) is 5.82 Å². The van der Waals surface area contributed by atoms with E-state index in [2.05, 4.69) is 10.5 Å². The number of carbonyl (C=O) groups is 3. The molecule has 1 fully saturated rings. The molecule has 1 aliphatic carbocycles. The van der Waals surface area contributed by atoms with Crippen LogP contribution in [0.4, 0.5) is 5.82 Å². The van der Waals surface area contributed by atoms with Crippen molar-refractivity contribution < 1.29 is 24.0 Å². The summed E-state index contributed by atoms with van der Waals surface area (Å²) < 4.78 is 4.79. The summed E-state index contributed by atoms with van der Waals surface area (Å²) in [7, 11) is 1.40. The van der Waals surface area contributed by atoms with Crippen molar-refractivity contribution in [3.63, 3.8) is 0 Å². The molecule has 0 saturated heterocycles. The SMILES string of the molecule is Cc1cc(NC(=O)CN(C)C(=O)C2(C(=O)O)CC2)no1. The summed E-state index contributed by atoms with van der Waals surface area (Å²) in [6.07, 6.45) is 0.630. The lowest BCUT2D eigenvalue weighted by atomic mass is 10.1. The maximum Gasteiger partial charge on any atom is 0.319 e. The maximum absolute atomic E-state index is 12.0. The van der Waals surface area contributed by atoms with Crippen LogP contribution in [-0.2, 0) is 14.4 Å². The Balaban J connectivity index is 1.91. The molecule has 2 N–H and O–H groups in total. The standard InChI is InChI=1S/C12H15N3O5/c1-7-5-8(14-20-7)13-9(16)6-15(2)10(17)12(3-4-12)11(18)19/h5H,3-4,6H2,1-2H3,(H,18,19)(H,13,14,16). The number of carboxylic acid groups (broad SMARTS) is 1. The van der Waals surface area contributed by atoms with Crippen LogP contribution in [0.1, 0.15) is 18.6 Å². The monoisotopic (exact) mass is 281 g/mol. The molecule has 2 amide bonds. The first-order valence-corrected chi connectivity index (χ1v) is 6.07. The first-order chi connectivity index (χ1) is 9.35. The zero-order valence-electron chi connectivity index (χ0n) is 11.2. The number of carbonyl (C=O) groups excluding carboxylic acids is 2. The molecular weight excluding hydrogens is 266 g/mol. The Kier molecular flexibility index (Phi) is 3.47. The fraction of sp³-hybridized carbons (Fsp3) is 0.500. The molecular formula is C12H15N3O5. The molecule has 1 saturated carbocycles. The highest BCUT2D eigenvalue weighted by atomic mass is 16.5. The van der Waals surface area contributed by atoms with Gasteiger partial charge in [-0.3, -0.25) is 14.4 Å². The van der Waals surface area contributed by atoms with E-state index in [4.69, 9.17) is 9.63 Å². The molecule has 0 bridgehead atoms. The van der Waals surface area contributed by atoms with Gasteiger partial charge in [-0.15, -0.1) is 0 Å². The number of carboxylic acids is 1. The third-order valence-corrected chi connectivity index (χ3v) is 3.19. The van der Waals surface area contributed by atoms with E-state index < -0.39 is 23.2 Å². The summed E-state index contributed by atoms with van der Waals surface area (Å²) in [6.45, 7) is 1.45. The number of hydrogen-bond acceptors (Lipinski definition) is 5. The summed E-state index contributed by atoms with van der Waals surface area (Å²) in [5.74, 6) is -1.34. The number of aromatic nitrogens is 1. The molecule has 1 aromatic rings. The predicted molar refractivity (Wildman–Crippen MR) is 66.8 cm³/mol. The zero-order chi connectivity index (χ0) is 14.9. The first kappa shape index (κ1) is 14.0. The highest BCUT2D eigenvalue weighted by molar-refractivity contribution is 6.06. The van der Waals surface area contributed by atoms with Crippen molar-refractivity contribution in [2.45, 2.75) is 19.8 Å². The van der Waals surface area contributed by atoms with E-state index in [1.165, 1.54) is 7.05 Å². The number of aryl methyl sites for hydroxylation is 1. The van der Waals surface area contributed by atoms with Crippen LogP contribution in [0, 0.1) is 12.3 Å². The number of nitrogens with zero attached hydrogens (tertiary/aromatic N) is 2. The van der Waals surface area contributed by atoms with Crippen molar-refractivity contribution in [2.75, 3.05) is 18.9 Å². The van der Waals surface area contributed by atoms with Gasteiger partial charge in [0.2, 0.25) is 11.8 Å². The number of likely N-dealkylation sites (N-methyl/N-ethyl adjacent to an activating group) is 1. The van der Waals surface area contributed by atoms with Gasteiger partial charge in [-0.1, -0.05) is 5.16 Å². The topological polar surface area (TPSA) is 113 Å². The molecule has 1 aliphatic rings. The van der Waals surface area contributed by atoms with Crippen molar-refractivity contribution in [3.8, 4) is 0 Å². The van der Waals surface area contributed by atoms with Crippen LogP contribution in [0.5, 0.6) is 0 Å². The third-order valence-electron chi connectivity index (χ3n) is 3.19. The minimum atomic E-state index is -1.33. The van der Waals surface area contributed by atoms with Gasteiger partial charge in [0.1, 0.15) is 11.2 Å². The number of hydrogen-bond donors (Lipinski definition) is 2. The van der Waals surface area contributed by atoms with E-state index in [1.807, 2.05) is 0 Å². The van der Waals surface area contributed by atoms with Crippen LogP contribution in [-0.4, -0.2) is 46.5 Å². The highest BCUT2D eigenvalue weighted by Crippen LogP contribution is 2.47. The predicted octanol–water partition coefficient (Wildman–Crippen LogP) is 0.245. The van der Waals surface area contributed by atoms with Crippen LogP contribution < -0.4 is 5.32 Å². The lowest BCUT2D eigenvalue weighted by Crippen LogP contribution is -2.42. The van der Waals surface area contributed by atoms with Gasteiger partial charge in [0, 0.05) is 13.1 Å². The molecule has 0 atom stereocenters. The molecule has 1 aromatic heterocycles. The summed E-state index contributed by atoms with van der Waals surface area (Å²) in [5, 5.41) is 15.1. The molecule has 1 heterocycles. The van der Waals surface area contributed by atoms with Gasteiger partial charge in [-0.2, -0.15) is 0 Å². The number of rotatable bonds is 5. The highest BCUT2D eigenvalue weighted by Gasteiger charge is 2.58. The molecule has 0 radical (unpaired) electrons. The number of amides is 2. The van der Waals surface area contributed by atoms with Crippen molar-refractivity contribution in [2.24, 2.45) is 5.41 Å². The summed E-state index contributed by atoms with van der Waals surface area (Å²) >= 11 is 0. The Morgan fingerprint density at radius 1 is 1.50 bits per heavy atom. The molecule has 8 nitrogen and oxygen atoms in total. The van der Waals surface area contributed by atoms with Crippen LogP contribution in [0.2, 0.25) is 0 Å². The van der Waals surface area contributed by atoms with Crippen molar-refractivity contribution >= 4 is 23.6 Å². The van der Waals surface area contributed by atoms with Gasteiger partial charge >= 0.3 is 5.97 Å². The largest absolute Gasteiger partial charge is 0.480 e. The normalized spacial score (nSPS) is 15.5.